The molecular weight excluding hydrogens is 234 g/mol. The van der Waals surface area contributed by atoms with E-state index >= 15 is 0 Å². The topological polar surface area (TPSA) is 78.5 Å². The molecule has 1 N–H and O–H groups in total. The van der Waals surface area contributed by atoms with E-state index in [1.807, 2.05) is 32.0 Å². The largest absolute Gasteiger partial charge is 0.550 e. The van der Waals surface area contributed by atoms with Crippen LogP contribution >= 0.6 is 0 Å². The van der Waals surface area contributed by atoms with Crippen molar-refractivity contribution in [1.29, 1.82) is 0 Å². The van der Waals surface area contributed by atoms with Crippen molar-refractivity contribution in [3.63, 3.8) is 0 Å². The maximum absolute atomic E-state index is 11.4. The Morgan fingerprint density at radius 2 is 1.89 bits per heavy atom. The molecule has 0 saturated heterocycles. The second-order valence-corrected chi connectivity index (χ2v) is 3.98. The highest BCUT2D eigenvalue weighted by Crippen LogP contribution is 2.21. The zero-order chi connectivity index (χ0) is 13.5. The number of nitrogens with one attached hydrogen (secondary N) is 1. The third-order valence-electron chi connectivity index (χ3n) is 2.41. The van der Waals surface area contributed by atoms with Gasteiger partial charge in [-0.25, -0.2) is 0 Å². The molecule has 1 rings (SSSR count). The average Bonchev–Trinajstić information content (AvgIpc) is 2.27. The Kier molecular flexibility index (Phi) is 5.17. The molecule has 0 bridgehead atoms. The first-order valence-electron chi connectivity index (χ1n) is 5.66. The first-order chi connectivity index (χ1) is 8.50. The van der Waals surface area contributed by atoms with Crippen LogP contribution in [0.2, 0.25) is 0 Å². The normalized spacial score (nSPS) is 9.89. The van der Waals surface area contributed by atoms with Gasteiger partial charge >= 0.3 is 0 Å². The third-order valence-corrected chi connectivity index (χ3v) is 2.41. The lowest BCUT2D eigenvalue weighted by atomic mass is 10.1. The summed E-state index contributed by atoms with van der Waals surface area (Å²) in [5.41, 5.74) is 1.91. The molecule has 0 radical (unpaired) electrons. The SMILES string of the molecule is Cc1cccc(C)c1OCC(=O)NCCC(=O)[O-]. The van der Waals surface area contributed by atoms with Gasteiger partial charge in [0.2, 0.25) is 0 Å². The number of ether oxygens (including phenoxy) is 1. The van der Waals surface area contributed by atoms with Gasteiger partial charge in [0.25, 0.3) is 5.91 Å². The van der Waals surface area contributed by atoms with Crippen LogP contribution in [0.4, 0.5) is 0 Å². The number of aliphatic carboxylic acids is 1. The predicted octanol–water partition coefficient (Wildman–Crippen LogP) is -0.0616. The van der Waals surface area contributed by atoms with Gasteiger partial charge in [0.05, 0.1) is 0 Å². The molecule has 98 valence electrons. The van der Waals surface area contributed by atoms with E-state index in [2.05, 4.69) is 5.32 Å². The predicted molar refractivity (Wildman–Crippen MR) is 64.0 cm³/mol. The van der Waals surface area contributed by atoms with Crippen molar-refractivity contribution in [1.82, 2.24) is 5.32 Å². The Bertz CT molecular complexity index is 422. The highest BCUT2D eigenvalue weighted by atomic mass is 16.5. The number of carbonyl (C=O) groups excluding carboxylic acids is 2. The van der Waals surface area contributed by atoms with Crippen molar-refractivity contribution < 1.29 is 19.4 Å². The summed E-state index contributed by atoms with van der Waals surface area (Å²) in [6, 6.07) is 5.71. The third kappa shape index (κ3) is 4.45. The van der Waals surface area contributed by atoms with E-state index in [0.717, 1.165) is 11.1 Å². The molecule has 18 heavy (non-hydrogen) atoms. The maximum Gasteiger partial charge on any atom is 0.257 e. The van der Waals surface area contributed by atoms with Crippen molar-refractivity contribution in [2.24, 2.45) is 0 Å². The Balaban J connectivity index is 2.40. The number of carboxylic acid groups (broad SMARTS) is 1. The van der Waals surface area contributed by atoms with Crippen LogP contribution in [0, 0.1) is 13.8 Å². The van der Waals surface area contributed by atoms with E-state index in [9.17, 15) is 14.7 Å². The van der Waals surface area contributed by atoms with E-state index in [-0.39, 0.29) is 25.5 Å². The molecule has 1 aromatic carbocycles. The molecule has 1 aromatic rings. The number of carboxylic acids is 1. The lowest BCUT2D eigenvalue weighted by Gasteiger charge is -2.12. The minimum Gasteiger partial charge on any atom is -0.550 e. The fourth-order valence-electron chi connectivity index (χ4n) is 1.52. The van der Waals surface area contributed by atoms with Crippen molar-refractivity contribution >= 4 is 11.9 Å². The van der Waals surface area contributed by atoms with Gasteiger partial charge in [-0.3, -0.25) is 4.79 Å². The summed E-state index contributed by atoms with van der Waals surface area (Å²) in [5.74, 6) is -0.850. The lowest BCUT2D eigenvalue weighted by molar-refractivity contribution is -0.305. The summed E-state index contributed by atoms with van der Waals surface area (Å²) in [5, 5.41) is 12.6. The molecule has 0 aromatic heterocycles. The molecule has 0 spiro atoms. The van der Waals surface area contributed by atoms with Crippen LogP contribution in [0.3, 0.4) is 0 Å². The molecule has 0 aliphatic rings. The Morgan fingerprint density at radius 1 is 1.28 bits per heavy atom. The minimum atomic E-state index is -1.19. The van der Waals surface area contributed by atoms with Crippen LogP contribution in [0.25, 0.3) is 0 Å². The number of amides is 1. The van der Waals surface area contributed by atoms with E-state index in [0.29, 0.717) is 5.75 Å². The van der Waals surface area contributed by atoms with E-state index in [4.69, 9.17) is 4.74 Å². The van der Waals surface area contributed by atoms with Gasteiger partial charge in [-0.1, -0.05) is 18.2 Å². The molecule has 0 aliphatic heterocycles. The standard InChI is InChI=1S/C13H17NO4/c1-9-4-3-5-10(2)13(9)18-8-11(15)14-7-6-12(16)17/h3-5H,6-8H2,1-2H3,(H,14,15)(H,16,17)/p-1. The molecule has 0 fully saturated rings. The highest BCUT2D eigenvalue weighted by Gasteiger charge is 2.06. The molecule has 5 nitrogen and oxygen atoms in total. The number of hydrogen-bond donors (Lipinski definition) is 1. The van der Waals surface area contributed by atoms with E-state index in [1.165, 1.54) is 0 Å². The molecule has 0 atom stereocenters. The first kappa shape index (κ1) is 14.0. The van der Waals surface area contributed by atoms with Gasteiger partial charge in [-0.15, -0.1) is 0 Å². The summed E-state index contributed by atoms with van der Waals surface area (Å²) in [7, 11) is 0. The fraction of sp³-hybridized carbons (Fsp3) is 0.385. The van der Waals surface area contributed by atoms with Gasteiger partial charge in [0.1, 0.15) is 5.75 Å². The zero-order valence-corrected chi connectivity index (χ0v) is 10.5. The number of hydrogen-bond acceptors (Lipinski definition) is 4. The summed E-state index contributed by atoms with van der Waals surface area (Å²) in [4.78, 5) is 21.5. The Labute approximate surface area is 106 Å². The van der Waals surface area contributed by atoms with Gasteiger partial charge < -0.3 is 20.0 Å². The molecule has 0 heterocycles. The van der Waals surface area contributed by atoms with E-state index < -0.39 is 5.97 Å². The number of rotatable bonds is 6. The number of aryl methyl sites for hydroxylation is 2. The monoisotopic (exact) mass is 250 g/mol. The smallest absolute Gasteiger partial charge is 0.257 e. The maximum atomic E-state index is 11.4. The molecule has 0 aliphatic carbocycles. The summed E-state index contributed by atoms with van der Waals surface area (Å²) < 4.78 is 5.41. The summed E-state index contributed by atoms with van der Waals surface area (Å²) in [6.07, 6.45) is -0.199. The van der Waals surface area contributed by atoms with Gasteiger partial charge in [-0.05, 0) is 25.0 Å². The van der Waals surface area contributed by atoms with Crippen LogP contribution < -0.4 is 15.2 Å². The minimum absolute atomic E-state index is 0.0529. The first-order valence-corrected chi connectivity index (χ1v) is 5.66. The second-order valence-electron chi connectivity index (χ2n) is 3.98. The fourth-order valence-corrected chi connectivity index (χ4v) is 1.52. The van der Waals surface area contributed by atoms with Gasteiger partial charge in [-0.2, -0.15) is 0 Å². The number of carbonyl (C=O) groups is 2. The van der Waals surface area contributed by atoms with Crippen LogP contribution in [0.15, 0.2) is 18.2 Å². The molecule has 1 amide bonds. The molecule has 0 unspecified atom stereocenters. The molecular formula is C13H16NO4-. The second kappa shape index (κ2) is 6.64. The summed E-state index contributed by atoms with van der Waals surface area (Å²) >= 11 is 0. The van der Waals surface area contributed by atoms with E-state index in [1.54, 1.807) is 0 Å². The molecule has 0 saturated carbocycles. The zero-order valence-electron chi connectivity index (χ0n) is 10.5. The average molecular weight is 250 g/mol. The van der Waals surface area contributed by atoms with Crippen molar-refractivity contribution in [3.8, 4) is 5.75 Å². The number of benzene rings is 1. The van der Waals surface area contributed by atoms with Gasteiger partial charge in [0, 0.05) is 18.9 Å². The van der Waals surface area contributed by atoms with Crippen LogP contribution in [-0.2, 0) is 9.59 Å². The van der Waals surface area contributed by atoms with Crippen molar-refractivity contribution in [3.05, 3.63) is 29.3 Å². The summed E-state index contributed by atoms with van der Waals surface area (Å²) in [6.45, 7) is 3.72. The number of para-hydroxylation sites is 1. The van der Waals surface area contributed by atoms with Crippen LogP contribution in [0.1, 0.15) is 17.5 Å². The quantitative estimate of drug-likeness (QED) is 0.767. The van der Waals surface area contributed by atoms with Gasteiger partial charge in [0.15, 0.2) is 6.61 Å². The Hall–Kier alpha value is -2.04. The Morgan fingerprint density at radius 3 is 2.44 bits per heavy atom. The molecule has 5 heteroatoms. The van der Waals surface area contributed by atoms with Crippen LogP contribution in [-0.4, -0.2) is 25.0 Å². The highest BCUT2D eigenvalue weighted by molar-refractivity contribution is 5.78. The van der Waals surface area contributed by atoms with Crippen molar-refractivity contribution in [2.75, 3.05) is 13.2 Å². The lowest BCUT2D eigenvalue weighted by Crippen LogP contribution is -2.33. The van der Waals surface area contributed by atoms with Crippen LogP contribution in [0.5, 0.6) is 5.75 Å². The van der Waals surface area contributed by atoms with Crippen molar-refractivity contribution in [2.45, 2.75) is 20.3 Å².